The van der Waals surface area contributed by atoms with E-state index in [2.05, 4.69) is 13.0 Å². The van der Waals surface area contributed by atoms with Crippen molar-refractivity contribution in [1.82, 2.24) is 0 Å². The largest absolute Gasteiger partial charge is 0.494 e. The molecule has 0 N–H and O–H groups in total. The Hall–Kier alpha value is -2.80. The zero-order valence-electron chi connectivity index (χ0n) is 17.7. The molecule has 0 radical (unpaired) electrons. The molecule has 0 spiro atoms. The Bertz CT molecular complexity index is 805. The summed E-state index contributed by atoms with van der Waals surface area (Å²) in [4.78, 5) is 12.4. The van der Waals surface area contributed by atoms with Crippen LogP contribution in [0.4, 0.5) is 0 Å². The summed E-state index contributed by atoms with van der Waals surface area (Å²) < 4.78 is 11.2. The van der Waals surface area contributed by atoms with Crippen molar-refractivity contribution in [1.29, 1.82) is 5.26 Å². The van der Waals surface area contributed by atoms with Crippen molar-refractivity contribution >= 4 is 5.97 Å². The molecule has 0 saturated heterocycles. The predicted molar refractivity (Wildman–Crippen MR) is 116 cm³/mol. The van der Waals surface area contributed by atoms with Crippen molar-refractivity contribution < 1.29 is 14.3 Å². The van der Waals surface area contributed by atoms with E-state index in [0.717, 1.165) is 42.7 Å². The van der Waals surface area contributed by atoms with E-state index in [-0.39, 0.29) is 0 Å². The van der Waals surface area contributed by atoms with E-state index in [1.54, 1.807) is 19.1 Å². The van der Waals surface area contributed by atoms with Crippen LogP contribution in [0.5, 0.6) is 11.5 Å². The summed E-state index contributed by atoms with van der Waals surface area (Å²) in [6, 6.07) is 17.5. The molecule has 2 aromatic rings. The van der Waals surface area contributed by atoms with Crippen molar-refractivity contribution in [2.75, 3.05) is 6.61 Å². The zero-order chi connectivity index (χ0) is 21.1. The molecule has 154 valence electrons. The molecule has 0 bridgehead atoms. The van der Waals surface area contributed by atoms with E-state index in [9.17, 15) is 10.1 Å². The van der Waals surface area contributed by atoms with Gasteiger partial charge in [0.05, 0.1) is 12.7 Å². The Morgan fingerprint density at radius 2 is 1.45 bits per heavy atom. The average molecular weight is 394 g/mol. The summed E-state index contributed by atoms with van der Waals surface area (Å²) >= 11 is 0. The van der Waals surface area contributed by atoms with Gasteiger partial charge in [-0.3, -0.25) is 0 Å². The first-order chi connectivity index (χ1) is 14.0. The van der Waals surface area contributed by atoms with Gasteiger partial charge in [0, 0.05) is 0 Å². The Kier molecular flexibility index (Phi) is 8.73. The highest BCUT2D eigenvalue weighted by Gasteiger charge is 2.34. The number of nitriles is 1. The Labute approximate surface area is 174 Å². The third kappa shape index (κ3) is 6.64. The molecule has 1 unspecified atom stereocenters. The first-order valence-electron chi connectivity index (χ1n) is 10.5. The fraction of sp³-hybridized carbons (Fsp3) is 0.440. The summed E-state index contributed by atoms with van der Waals surface area (Å²) in [6.45, 7) is 6.60. The van der Waals surface area contributed by atoms with Crippen molar-refractivity contribution in [3.63, 3.8) is 0 Å². The van der Waals surface area contributed by atoms with Crippen LogP contribution in [0.3, 0.4) is 0 Å². The molecule has 29 heavy (non-hydrogen) atoms. The first kappa shape index (κ1) is 22.5. The van der Waals surface area contributed by atoms with Gasteiger partial charge in [-0.2, -0.15) is 5.26 Å². The molecule has 0 heterocycles. The van der Waals surface area contributed by atoms with Gasteiger partial charge >= 0.3 is 5.97 Å². The van der Waals surface area contributed by atoms with Gasteiger partial charge in [-0.15, -0.1) is 0 Å². The monoisotopic (exact) mass is 393 g/mol. The normalized spacial score (nSPS) is 12.6. The molecule has 0 aliphatic heterocycles. The fourth-order valence-electron chi connectivity index (χ4n) is 2.95. The molecule has 0 saturated carbocycles. The van der Waals surface area contributed by atoms with Crippen LogP contribution < -0.4 is 9.47 Å². The van der Waals surface area contributed by atoms with Crippen LogP contribution >= 0.6 is 0 Å². The van der Waals surface area contributed by atoms with Gasteiger partial charge in [-0.05, 0) is 55.2 Å². The van der Waals surface area contributed by atoms with E-state index in [0.29, 0.717) is 12.2 Å². The second kappa shape index (κ2) is 11.3. The lowest BCUT2D eigenvalue weighted by Gasteiger charge is -2.19. The standard InChI is InChI=1S/C25H31NO3/c1-4-6-8-18-28-22-13-9-20(10-14-22)21-11-15-23(16-12-21)29-24(27)25(3,19-26)17-7-5-2/h9-16H,4-8,17-18H2,1-3H3. The maximum Gasteiger partial charge on any atom is 0.331 e. The number of unbranched alkanes of at least 4 members (excludes halogenated alkanes) is 3. The van der Waals surface area contributed by atoms with Gasteiger partial charge in [0.2, 0.25) is 0 Å². The van der Waals surface area contributed by atoms with Crippen molar-refractivity contribution in [3.8, 4) is 28.7 Å². The Morgan fingerprint density at radius 1 is 0.897 bits per heavy atom. The van der Waals surface area contributed by atoms with Crippen LogP contribution in [0.2, 0.25) is 0 Å². The summed E-state index contributed by atoms with van der Waals surface area (Å²) in [6.07, 6.45) is 5.69. The lowest BCUT2D eigenvalue weighted by atomic mass is 9.87. The molecule has 4 heteroatoms. The minimum absolute atomic E-state index is 0.451. The Morgan fingerprint density at radius 3 is 1.97 bits per heavy atom. The summed E-state index contributed by atoms with van der Waals surface area (Å²) in [5.41, 5.74) is 0.978. The first-order valence-corrected chi connectivity index (χ1v) is 10.5. The zero-order valence-corrected chi connectivity index (χ0v) is 17.7. The smallest absolute Gasteiger partial charge is 0.331 e. The third-order valence-electron chi connectivity index (χ3n) is 5.00. The number of benzene rings is 2. The molecule has 0 aromatic heterocycles. The van der Waals surface area contributed by atoms with Crippen molar-refractivity contribution in [3.05, 3.63) is 48.5 Å². The SMILES string of the molecule is CCCCCOc1ccc(-c2ccc(OC(=O)C(C)(C#N)CCCC)cc2)cc1. The average Bonchev–Trinajstić information content (AvgIpc) is 2.76. The number of nitrogens with zero attached hydrogens (tertiary/aromatic N) is 1. The van der Waals surface area contributed by atoms with Crippen LogP contribution in [0.25, 0.3) is 11.1 Å². The van der Waals surface area contributed by atoms with Crippen LogP contribution in [0, 0.1) is 16.7 Å². The molecule has 0 amide bonds. The number of hydrogen-bond acceptors (Lipinski definition) is 4. The van der Waals surface area contributed by atoms with E-state index in [1.807, 2.05) is 43.3 Å². The highest BCUT2D eigenvalue weighted by molar-refractivity contribution is 5.81. The van der Waals surface area contributed by atoms with Gasteiger partial charge in [-0.25, -0.2) is 4.79 Å². The lowest BCUT2D eigenvalue weighted by molar-refractivity contribution is -0.142. The van der Waals surface area contributed by atoms with Crippen LogP contribution in [-0.4, -0.2) is 12.6 Å². The van der Waals surface area contributed by atoms with Gasteiger partial charge < -0.3 is 9.47 Å². The third-order valence-corrected chi connectivity index (χ3v) is 5.00. The molecule has 0 aliphatic carbocycles. The van der Waals surface area contributed by atoms with E-state index in [1.165, 1.54) is 12.8 Å². The van der Waals surface area contributed by atoms with Gasteiger partial charge in [-0.1, -0.05) is 63.8 Å². The van der Waals surface area contributed by atoms with Crippen molar-refractivity contribution in [2.24, 2.45) is 5.41 Å². The molecular weight excluding hydrogens is 362 g/mol. The summed E-state index contributed by atoms with van der Waals surface area (Å²) in [5, 5.41) is 9.40. The minimum atomic E-state index is -1.11. The molecular formula is C25H31NO3. The number of carbonyl (C=O) groups is 1. The highest BCUT2D eigenvalue weighted by atomic mass is 16.5. The molecule has 2 rings (SSSR count). The molecule has 0 aliphatic rings. The predicted octanol–water partition coefficient (Wildman–Crippen LogP) is 6.55. The van der Waals surface area contributed by atoms with E-state index in [4.69, 9.17) is 9.47 Å². The Balaban J connectivity index is 1.97. The number of hydrogen-bond donors (Lipinski definition) is 0. The number of carbonyl (C=O) groups excluding carboxylic acids is 1. The van der Waals surface area contributed by atoms with E-state index >= 15 is 0 Å². The maximum absolute atomic E-state index is 12.4. The van der Waals surface area contributed by atoms with Gasteiger partial charge in [0.25, 0.3) is 0 Å². The van der Waals surface area contributed by atoms with E-state index < -0.39 is 11.4 Å². The second-order valence-corrected chi connectivity index (χ2v) is 7.54. The van der Waals surface area contributed by atoms with Gasteiger partial charge in [0.1, 0.15) is 11.5 Å². The molecule has 4 nitrogen and oxygen atoms in total. The molecule has 2 aromatic carbocycles. The number of ether oxygens (including phenoxy) is 2. The lowest BCUT2D eigenvalue weighted by Crippen LogP contribution is -2.30. The number of esters is 1. The highest BCUT2D eigenvalue weighted by Crippen LogP contribution is 2.28. The summed E-state index contributed by atoms with van der Waals surface area (Å²) in [7, 11) is 0. The molecule has 1 atom stereocenters. The van der Waals surface area contributed by atoms with Gasteiger partial charge in [0.15, 0.2) is 5.41 Å². The fourth-order valence-corrected chi connectivity index (χ4v) is 2.95. The topological polar surface area (TPSA) is 59.3 Å². The number of rotatable bonds is 11. The molecule has 0 fully saturated rings. The van der Waals surface area contributed by atoms with Crippen LogP contribution in [0.1, 0.15) is 59.3 Å². The quantitative estimate of drug-likeness (QED) is 0.247. The minimum Gasteiger partial charge on any atom is -0.494 e. The maximum atomic E-state index is 12.4. The summed E-state index contributed by atoms with van der Waals surface area (Å²) in [5.74, 6) is 0.830. The second-order valence-electron chi connectivity index (χ2n) is 7.54. The van der Waals surface area contributed by atoms with Crippen LogP contribution in [0.15, 0.2) is 48.5 Å². The van der Waals surface area contributed by atoms with Crippen LogP contribution in [-0.2, 0) is 4.79 Å². The van der Waals surface area contributed by atoms with Crippen molar-refractivity contribution in [2.45, 2.75) is 59.3 Å².